The molecule has 0 amide bonds. The molecule has 1 N–H and O–H groups in total. The molecule has 0 aliphatic carbocycles. The summed E-state index contributed by atoms with van der Waals surface area (Å²) >= 11 is 5.13. The van der Waals surface area contributed by atoms with Crippen molar-refractivity contribution < 1.29 is 0 Å². The Morgan fingerprint density at radius 1 is 1.31 bits per heavy atom. The summed E-state index contributed by atoms with van der Waals surface area (Å²) in [5.74, 6) is 0. The first-order valence-corrected chi connectivity index (χ1v) is 6.76. The zero-order valence-corrected chi connectivity index (χ0v) is 11.6. The van der Waals surface area contributed by atoms with Crippen molar-refractivity contribution in [2.24, 2.45) is 0 Å². The van der Waals surface area contributed by atoms with Gasteiger partial charge in [-0.05, 0) is 26.1 Å². The van der Waals surface area contributed by atoms with E-state index in [4.69, 9.17) is 0 Å². The Labute approximate surface area is 108 Å². The molecule has 0 radical (unpaired) electrons. The van der Waals surface area contributed by atoms with E-state index in [9.17, 15) is 0 Å². The molecule has 16 heavy (non-hydrogen) atoms. The van der Waals surface area contributed by atoms with Crippen LogP contribution >= 0.6 is 27.3 Å². The Bertz CT molecular complexity index is 464. The van der Waals surface area contributed by atoms with E-state index >= 15 is 0 Å². The van der Waals surface area contributed by atoms with Gasteiger partial charge in [-0.1, -0.05) is 28.1 Å². The van der Waals surface area contributed by atoms with E-state index in [1.165, 1.54) is 0 Å². The number of rotatable bonds is 3. The van der Waals surface area contributed by atoms with Crippen LogP contribution in [0.25, 0.3) is 11.3 Å². The zero-order chi connectivity index (χ0) is 11.5. The summed E-state index contributed by atoms with van der Waals surface area (Å²) < 4.78 is 1.09. The molecule has 2 rings (SSSR count). The van der Waals surface area contributed by atoms with Gasteiger partial charge in [0, 0.05) is 15.4 Å². The van der Waals surface area contributed by atoms with Gasteiger partial charge in [0.1, 0.15) is 5.01 Å². The normalized spacial score (nSPS) is 12.7. The Kier molecular flexibility index (Phi) is 3.74. The third kappa shape index (κ3) is 2.51. The maximum atomic E-state index is 4.62. The molecule has 1 aromatic carbocycles. The lowest BCUT2D eigenvalue weighted by molar-refractivity contribution is 0.648. The summed E-state index contributed by atoms with van der Waals surface area (Å²) in [6, 6.07) is 8.54. The van der Waals surface area contributed by atoms with Crippen molar-refractivity contribution >= 4 is 27.3 Å². The lowest BCUT2D eigenvalue weighted by Gasteiger charge is -2.04. The minimum atomic E-state index is 0.314. The third-order valence-corrected chi connectivity index (χ3v) is 4.02. The van der Waals surface area contributed by atoms with E-state index in [1.54, 1.807) is 11.3 Å². The topological polar surface area (TPSA) is 24.9 Å². The summed E-state index contributed by atoms with van der Waals surface area (Å²) in [6.07, 6.45) is 0. The van der Waals surface area contributed by atoms with Crippen molar-refractivity contribution in [2.75, 3.05) is 7.05 Å². The fourth-order valence-electron chi connectivity index (χ4n) is 1.36. The quantitative estimate of drug-likeness (QED) is 0.930. The van der Waals surface area contributed by atoms with Crippen LogP contribution in [-0.2, 0) is 0 Å². The van der Waals surface area contributed by atoms with Crippen LogP contribution < -0.4 is 5.32 Å². The lowest BCUT2D eigenvalue weighted by Crippen LogP contribution is -2.11. The average Bonchev–Trinajstić information content (AvgIpc) is 2.78. The standard InChI is InChI=1S/C12H13BrN2S/c1-8(14-2)12-15-11(7-16-12)9-3-5-10(13)6-4-9/h3-8,14H,1-2H3. The second kappa shape index (κ2) is 5.08. The van der Waals surface area contributed by atoms with Gasteiger partial charge in [0.2, 0.25) is 0 Å². The van der Waals surface area contributed by atoms with Crippen LogP contribution in [0, 0.1) is 0 Å². The van der Waals surface area contributed by atoms with Crippen molar-refractivity contribution in [1.29, 1.82) is 0 Å². The van der Waals surface area contributed by atoms with Crippen molar-refractivity contribution in [3.8, 4) is 11.3 Å². The SMILES string of the molecule is CNC(C)c1nc(-c2ccc(Br)cc2)cs1. The highest BCUT2D eigenvalue weighted by atomic mass is 79.9. The minimum absolute atomic E-state index is 0.314. The maximum Gasteiger partial charge on any atom is 0.110 e. The maximum absolute atomic E-state index is 4.62. The molecule has 84 valence electrons. The molecule has 0 saturated carbocycles. The Morgan fingerprint density at radius 2 is 2.00 bits per heavy atom. The van der Waals surface area contributed by atoms with Crippen LogP contribution in [0.1, 0.15) is 18.0 Å². The minimum Gasteiger partial charge on any atom is -0.311 e. The molecular weight excluding hydrogens is 284 g/mol. The summed E-state index contributed by atoms with van der Waals surface area (Å²) in [5.41, 5.74) is 2.21. The van der Waals surface area contributed by atoms with Gasteiger partial charge in [-0.15, -0.1) is 11.3 Å². The van der Waals surface area contributed by atoms with Crippen molar-refractivity contribution in [3.05, 3.63) is 39.1 Å². The fourth-order valence-corrected chi connectivity index (χ4v) is 2.52. The Balaban J connectivity index is 2.28. The van der Waals surface area contributed by atoms with Gasteiger partial charge in [0.05, 0.1) is 11.7 Å². The van der Waals surface area contributed by atoms with Crippen LogP contribution in [0.15, 0.2) is 34.1 Å². The molecule has 2 nitrogen and oxygen atoms in total. The number of hydrogen-bond donors (Lipinski definition) is 1. The number of halogens is 1. The van der Waals surface area contributed by atoms with E-state index < -0.39 is 0 Å². The lowest BCUT2D eigenvalue weighted by atomic mass is 10.2. The number of benzene rings is 1. The van der Waals surface area contributed by atoms with E-state index in [1.807, 2.05) is 19.2 Å². The summed E-state index contributed by atoms with van der Waals surface area (Å²) in [6.45, 7) is 2.12. The van der Waals surface area contributed by atoms with E-state index in [2.05, 4.69) is 50.7 Å². The van der Waals surface area contributed by atoms with Gasteiger partial charge in [-0.3, -0.25) is 0 Å². The van der Waals surface area contributed by atoms with Crippen molar-refractivity contribution in [2.45, 2.75) is 13.0 Å². The molecule has 0 fully saturated rings. The smallest absolute Gasteiger partial charge is 0.110 e. The van der Waals surface area contributed by atoms with Gasteiger partial charge < -0.3 is 5.32 Å². The first-order chi connectivity index (χ1) is 7.70. The van der Waals surface area contributed by atoms with E-state index in [0.717, 1.165) is 20.7 Å². The molecule has 0 aliphatic heterocycles. The second-order valence-electron chi connectivity index (χ2n) is 3.59. The fraction of sp³-hybridized carbons (Fsp3) is 0.250. The molecule has 0 saturated heterocycles. The number of thiazole rings is 1. The van der Waals surface area contributed by atoms with Crippen molar-refractivity contribution in [3.63, 3.8) is 0 Å². The highest BCUT2D eigenvalue weighted by molar-refractivity contribution is 9.10. The molecule has 0 spiro atoms. The van der Waals surface area contributed by atoms with Crippen LogP contribution in [0.5, 0.6) is 0 Å². The third-order valence-electron chi connectivity index (χ3n) is 2.47. The van der Waals surface area contributed by atoms with Crippen molar-refractivity contribution in [1.82, 2.24) is 10.3 Å². The monoisotopic (exact) mass is 296 g/mol. The van der Waals surface area contributed by atoms with E-state index in [0.29, 0.717) is 6.04 Å². The van der Waals surface area contributed by atoms with Crippen LogP contribution in [-0.4, -0.2) is 12.0 Å². The summed E-state index contributed by atoms with van der Waals surface area (Å²) in [7, 11) is 1.95. The first-order valence-electron chi connectivity index (χ1n) is 5.09. The molecule has 2 aromatic rings. The summed E-state index contributed by atoms with van der Waals surface area (Å²) in [4.78, 5) is 4.62. The first kappa shape index (κ1) is 11.8. The second-order valence-corrected chi connectivity index (χ2v) is 5.39. The molecule has 1 unspecified atom stereocenters. The summed E-state index contributed by atoms with van der Waals surface area (Å²) in [5, 5.41) is 6.42. The zero-order valence-electron chi connectivity index (χ0n) is 9.20. The average molecular weight is 297 g/mol. The number of nitrogens with zero attached hydrogens (tertiary/aromatic N) is 1. The van der Waals surface area contributed by atoms with E-state index in [-0.39, 0.29) is 0 Å². The molecule has 1 atom stereocenters. The highest BCUT2D eigenvalue weighted by Gasteiger charge is 2.09. The van der Waals surface area contributed by atoms with Gasteiger partial charge >= 0.3 is 0 Å². The van der Waals surface area contributed by atoms with Gasteiger partial charge in [0.15, 0.2) is 0 Å². The van der Waals surface area contributed by atoms with Gasteiger partial charge in [-0.25, -0.2) is 4.98 Å². The van der Waals surface area contributed by atoms with Crippen LogP contribution in [0.4, 0.5) is 0 Å². The molecule has 4 heteroatoms. The predicted octanol–water partition coefficient (Wildman–Crippen LogP) is 3.85. The largest absolute Gasteiger partial charge is 0.311 e. The Hall–Kier alpha value is -0.710. The Morgan fingerprint density at radius 3 is 2.62 bits per heavy atom. The molecular formula is C12H13BrN2S. The number of aromatic nitrogens is 1. The van der Waals surface area contributed by atoms with Gasteiger partial charge in [0.25, 0.3) is 0 Å². The molecule has 0 bridgehead atoms. The highest BCUT2D eigenvalue weighted by Crippen LogP contribution is 2.26. The predicted molar refractivity (Wildman–Crippen MR) is 72.7 cm³/mol. The number of nitrogens with one attached hydrogen (secondary N) is 1. The number of hydrogen-bond acceptors (Lipinski definition) is 3. The molecule has 1 aromatic heterocycles. The molecule has 1 heterocycles. The van der Waals surface area contributed by atoms with Crippen LogP contribution in [0.3, 0.4) is 0 Å². The van der Waals surface area contributed by atoms with Crippen LogP contribution in [0.2, 0.25) is 0 Å². The van der Waals surface area contributed by atoms with Gasteiger partial charge in [-0.2, -0.15) is 0 Å². The molecule has 0 aliphatic rings.